The van der Waals surface area contributed by atoms with Crippen LogP contribution in [0.15, 0.2) is 48.5 Å². The van der Waals surface area contributed by atoms with Gasteiger partial charge in [-0.15, -0.1) is 0 Å². The Bertz CT molecular complexity index is 822. The molecule has 1 aliphatic heterocycles. The molecule has 2 aromatic carbocycles. The Morgan fingerprint density at radius 3 is 2.31 bits per heavy atom. The normalized spacial score (nSPS) is 13.8. The van der Waals surface area contributed by atoms with E-state index in [1.807, 2.05) is 12.1 Å². The fourth-order valence-corrected chi connectivity index (χ4v) is 2.76. The zero-order chi connectivity index (χ0) is 20.6. The number of amides is 1. The van der Waals surface area contributed by atoms with Gasteiger partial charge in [0, 0.05) is 24.5 Å². The number of alkyl halides is 2. The van der Waals surface area contributed by atoms with Crippen LogP contribution in [0.3, 0.4) is 0 Å². The van der Waals surface area contributed by atoms with Gasteiger partial charge in [-0.25, -0.2) is 4.79 Å². The van der Waals surface area contributed by atoms with Crippen LogP contribution in [0.1, 0.15) is 10.4 Å². The first-order chi connectivity index (χ1) is 14.0. The van der Waals surface area contributed by atoms with Crippen molar-refractivity contribution in [3.05, 3.63) is 54.1 Å². The Kier molecular flexibility index (Phi) is 6.96. The second kappa shape index (κ2) is 9.83. The third-order valence-electron chi connectivity index (χ3n) is 4.18. The highest BCUT2D eigenvalue weighted by Gasteiger charge is 2.13. The molecular formula is C20H20F2N2O5. The minimum absolute atomic E-state index is 0.0742. The quantitative estimate of drug-likeness (QED) is 0.713. The van der Waals surface area contributed by atoms with Gasteiger partial charge in [-0.05, 0) is 48.5 Å². The van der Waals surface area contributed by atoms with Gasteiger partial charge in [0.25, 0.3) is 5.91 Å². The van der Waals surface area contributed by atoms with E-state index in [-0.39, 0.29) is 11.3 Å². The molecule has 1 heterocycles. The monoisotopic (exact) mass is 406 g/mol. The summed E-state index contributed by atoms with van der Waals surface area (Å²) in [6, 6.07) is 12.3. The standard InChI is InChI=1S/C20H20F2N2O5/c21-20(22)29-17-7-1-14(2-8-17)19(26)28-13-18(25)23-15-3-5-16(6-4-15)24-9-11-27-12-10-24/h1-8,20H,9-13H2,(H,23,25). The summed E-state index contributed by atoms with van der Waals surface area (Å²) in [6.45, 7) is -0.412. The van der Waals surface area contributed by atoms with Crippen LogP contribution in [0.5, 0.6) is 5.75 Å². The molecule has 0 spiro atoms. The summed E-state index contributed by atoms with van der Waals surface area (Å²) < 4.78 is 38.7. The minimum atomic E-state index is -2.94. The van der Waals surface area contributed by atoms with Crippen molar-refractivity contribution < 1.29 is 32.6 Å². The summed E-state index contributed by atoms with van der Waals surface area (Å²) in [7, 11) is 0. The van der Waals surface area contributed by atoms with E-state index in [1.165, 1.54) is 24.3 Å². The fourth-order valence-electron chi connectivity index (χ4n) is 2.76. The lowest BCUT2D eigenvalue weighted by molar-refractivity contribution is -0.119. The first-order valence-electron chi connectivity index (χ1n) is 8.96. The maximum Gasteiger partial charge on any atom is 0.387 e. The van der Waals surface area contributed by atoms with Gasteiger partial charge in [0.2, 0.25) is 0 Å². The Morgan fingerprint density at radius 1 is 1.03 bits per heavy atom. The summed E-state index contributed by atoms with van der Waals surface area (Å²) in [5.74, 6) is -1.31. The van der Waals surface area contributed by atoms with Crippen molar-refractivity contribution in [2.75, 3.05) is 43.1 Å². The molecule has 154 valence electrons. The topological polar surface area (TPSA) is 77.1 Å². The van der Waals surface area contributed by atoms with Gasteiger partial charge in [-0.2, -0.15) is 8.78 Å². The second-order valence-electron chi connectivity index (χ2n) is 6.17. The summed E-state index contributed by atoms with van der Waals surface area (Å²) >= 11 is 0. The number of nitrogens with one attached hydrogen (secondary N) is 1. The highest BCUT2D eigenvalue weighted by molar-refractivity contribution is 5.95. The van der Waals surface area contributed by atoms with Crippen molar-refractivity contribution in [2.24, 2.45) is 0 Å². The Hall–Kier alpha value is -3.20. The van der Waals surface area contributed by atoms with E-state index >= 15 is 0 Å². The van der Waals surface area contributed by atoms with Gasteiger partial charge in [0.05, 0.1) is 18.8 Å². The molecule has 3 rings (SSSR count). The number of hydrogen-bond donors (Lipinski definition) is 1. The van der Waals surface area contributed by atoms with Crippen LogP contribution in [0, 0.1) is 0 Å². The third-order valence-corrected chi connectivity index (χ3v) is 4.18. The molecule has 1 amide bonds. The van der Waals surface area contributed by atoms with Crippen molar-refractivity contribution in [3.8, 4) is 5.75 Å². The first kappa shape index (κ1) is 20.5. The van der Waals surface area contributed by atoms with Crippen molar-refractivity contribution >= 4 is 23.3 Å². The van der Waals surface area contributed by atoms with Crippen LogP contribution < -0.4 is 15.0 Å². The number of anilines is 2. The van der Waals surface area contributed by atoms with E-state index in [0.717, 1.165) is 18.8 Å². The van der Waals surface area contributed by atoms with E-state index in [2.05, 4.69) is 15.0 Å². The fraction of sp³-hybridized carbons (Fsp3) is 0.300. The molecule has 0 aliphatic carbocycles. The lowest BCUT2D eigenvalue weighted by atomic mass is 10.2. The average molecular weight is 406 g/mol. The van der Waals surface area contributed by atoms with E-state index in [1.54, 1.807) is 12.1 Å². The molecule has 29 heavy (non-hydrogen) atoms. The highest BCUT2D eigenvalue weighted by Crippen LogP contribution is 2.19. The molecule has 1 aliphatic rings. The molecule has 2 aromatic rings. The molecule has 0 atom stereocenters. The van der Waals surface area contributed by atoms with E-state index < -0.39 is 25.1 Å². The molecule has 9 heteroatoms. The van der Waals surface area contributed by atoms with Gasteiger partial charge < -0.3 is 24.4 Å². The van der Waals surface area contributed by atoms with Gasteiger partial charge in [-0.3, -0.25) is 4.79 Å². The van der Waals surface area contributed by atoms with E-state index in [0.29, 0.717) is 18.9 Å². The molecule has 0 bridgehead atoms. The molecule has 0 saturated carbocycles. The molecular weight excluding hydrogens is 386 g/mol. The molecule has 0 aromatic heterocycles. The van der Waals surface area contributed by atoms with Crippen LogP contribution in [0.4, 0.5) is 20.2 Å². The molecule has 1 saturated heterocycles. The van der Waals surface area contributed by atoms with Gasteiger partial charge in [0.15, 0.2) is 6.61 Å². The van der Waals surface area contributed by atoms with Gasteiger partial charge >= 0.3 is 12.6 Å². The number of carbonyl (C=O) groups excluding carboxylic acids is 2. The number of carbonyl (C=O) groups is 2. The minimum Gasteiger partial charge on any atom is -0.452 e. The number of ether oxygens (including phenoxy) is 3. The number of hydrogen-bond acceptors (Lipinski definition) is 6. The van der Waals surface area contributed by atoms with Crippen molar-refractivity contribution in [1.82, 2.24) is 0 Å². The lowest BCUT2D eigenvalue weighted by Crippen LogP contribution is -2.36. The van der Waals surface area contributed by atoms with Crippen LogP contribution >= 0.6 is 0 Å². The molecule has 0 radical (unpaired) electrons. The zero-order valence-corrected chi connectivity index (χ0v) is 15.5. The number of morpholine rings is 1. The van der Waals surface area contributed by atoms with Crippen LogP contribution in [0.2, 0.25) is 0 Å². The summed E-state index contributed by atoms with van der Waals surface area (Å²) in [6.07, 6.45) is 0. The number of halogens is 2. The average Bonchev–Trinajstić information content (AvgIpc) is 2.73. The predicted molar refractivity (Wildman–Crippen MR) is 101 cm³/mol. The number of rotatable bonds is 7. The summed E-state index contributed by atoms with van der Waals surface area (Å²) in [5.41, 5.74) is 1.74. The molecule has 1 N–H and O–H groups in total. The smallest absolute Gasteiger partial charge is 0.387 e. The zero-order valence-electron chi connectivity index (χ0n) is 15.5. The molecule has 0 unspecified atom stereocenters. The second-order valence-corrected chi connectivity index (χ2v) is 6.17. The highest BCUT2D eigenvalue weighted by atomic mass is 19.3. The Labute approximate surface area is 166 Å². The van der Waals surface area contributed by atoms with E-state index in [4.69, 9.17) is 9.47 Å². The van der Waals surface area contributed by atoms with Crippen LogP contribution in [0.25, 0.3) is 0 Å². The predicted octanol–water partition coefficient (Wildman–Crippen LogP) is 2.92. The Balaban J connectivity index is 1.46. The summed E-state index contributed by atoms with van der Waals surface area (Å²) in [4.78, 5) is 26.1. The van der Waals surface area contributed by atoms with Crippen molar-refractivity contribution in [1.29, 1.82) is 0 Å². The van der Waals surface area contributed by atoms with Crippen LogP contribution in [-0.4, -0.2) is 51.4 Å². The SMILES string of the molecule is O=C(COC(=O)c1ccc(OC(F)F)cc1)Nc1ccc(N2CCOCC2)cc1. The Morgan fingerprint density at radius 2 is 1.69 bits per heavy atom. The number of esters is 1. The molecule has 7 nitrogen and oxygen atoms in total. The summed E-state index contributed by atoms with van der Waals surface area (Å²) in [5, 5.41) is 2.65. The largest absolute Gasteiger partial charge is 0.452 e. The number of benzene rings is 2. The van der Waals surface area contributed by atoms with E-state index in [9.17, 15) is 18.4 Å². The molecule has 1 fully saturated rings. The van der Waals surface area contributed by atoms with Gasteiger partial charge in [0.1, 0.15) is 5.75 Å². The van der Waals surface area contributed by atoms with Crippen molar-refractivity contribution in [3.63, 3.8) is 0 Å². The maximum atomic E-state index is 12.1. The van der Waals surface area contributed by atoms with Gasteiger partial charge in [-0.1, -0.05) is 0 Å². The van der Waals surface area contributed by atoms with Crippen molar-refractivity contribution in [2.45, 2.75) is 6.61 Å². The lowest BCUT2D eigenvalue weighted by Gasteiger charge is -2.28. The van der Waals surface area contributed by atoms with Crippen LogP contribution in [-0.2, 0) is 14.3 Å². The maximum absolute atomic E-state index is 12.1. The number of nitrogens with zero attached hydrogens (tertiary/aromatic N) is 1. The third kappa shape index (κ3) is 6.15. The first-order valence-corrected chi connectivity index (χ1v) is 8.96.